The zero-order chi connectivity index (χ0) is 15.4. The van der Waals surface area contributed by atoms with E-state index >= 15 is 0 Å². The van der Waals surface area contributed by atoms with Crippen LogP contribution in [-0.2, 0) is 19.4 Å². The van der Waals surface area contributed by atoms with E-state index in [4.69, 9.17) is 10.8 Å². The van der Waals surface area contributed by atoms with Gasteiger partial charge in [0, 0.05) is 6.26 Å². The van der Waals surface area contributed by atoms with E-state index in [1.807, 2.05) is 0 Å². The van der Waals surface area contributed by atoms with Crippen molar-refractivity contribution in [2.24, 2.45) is 11.1 Å². The van der Waals surface area contributed by atoms with Gasteiger partial charge in [-0.3, -0.25) is 4.79 Å². The first-order valence-corrected chi connectivity index (χ1v) is 7.87. The van der Waals surface area contributed by atoms with Crippen molar-refractivity contribution >= 4 is 21.7 Å². The van der Waals surface area contributed by atoms with E-state index in [0.717, 1.165) is 6.26 Å². The molecule has 0 radical (unpaired) electrons. The van der Waals surface area contributed by atoms with Crippen LogP contribution >= 0.6 is 0 Å². The van der Waals surface area contributed by atoms with E-state index in [-0.39, 0.29) is 12.2 Å². The minimum absolute atomic E-state index is 0.0405. The standard InChI is InChI=1S/C11H22N2O5S/c1-11(2,3)8(10(15)16)13-9(14)7(12)5-6-19(4,17)18/h7-8H,5-6,12H2,1-4H3,(H,13,14)(H,15,16). The highest BCUT2D eigenvalue weighted by Crippen LogP contribution is 2.19. The lowest BCUT2D eigenvalue weighted by Gasteiger charge is -2.28. The molecule has 0 aliphatic carbocycles. The van der Waals surface area contributed by atoms with Crippen LogP contribution in [0.4, 0.5) is 0 Å². The SMILES string of the molecule is CC(C)(C)C(NC(=O)C(N)CCS(C)(=O)=O)C(=O)O. The summed E-state index contributed by atoms with van der Waals surface area (Å²) >= 11 is 0. The van der Waals surface area contributed by atoms with Gasteiger partial charge in [-0.15, -0.1) is 0 Å². The topological polar surface area (TPSA) is 127 Å². The molecule has 0 heterocycles. The normalized spacial score (nSPS) is 15.6. The largest absolute Gasteiger partial charge is 0.480 e. The predicted octanol–water partition coefficient (Wildman–Crippen LogP) is -0.636. The number of hydrogen-bond donors (Lipinski definition) is 3. The van der Waals surface area contributed by atoms with Gasteiger partial charge in [0.05, 0.1) is 11.8 Å². The van der Waals surface area contributed by atoms with Crippen LogP contribution in [-0.4, -0.2) is 49.5 Å². The zero-order valence-corrected chi connectivity index (χ0v) is 12.5. The van der Waals surface area contributed by atoms with Gasteiger partial charge in [0.1, 0.15) is 15.9 Å². The predicted molar refractivity (Wildman–Crippen MR) is 71.3 cm³/mol. The van der Waals surface area contributed by atoms with Crippen LogP contribution in [0.3, 0.4) is 0 Å². The number of rotatable bonds is 6. The van der Waals surface area contributed by atoms with Gasteiger partial charge in [-0.25, -0.2) is 13.2 Å². The van der Waals surface area contributed by atoms with Gasteiger partial charge in [-0.1, -0.05) is 20.8 Å². The van der Waals surface area contributed by atoms with E-state index in [9.17, 15) is 18.0 Å². The Bertz CT molecular complexity index is 438. The highest BCUT2D eigenvalue weighted by molar-refractivity contribution is 7.90. The molecule has 4 N–H and O–H groups in total. The molecule has 0 fully saturated rings. The summed E-state index contributed by atoms with van der Waals surface area (Å²) < 4.78 is 21.9. The summed E-state index contributed by atoms with van der Waals surface area (Å²) in [6, 6.07) is -2.12. The second-order valence-corrected chi connectivity index (χ2v) is 7.93. The molecule has 0 bridgehead atoms. The lowest BCUT2D eigenvalue weighted by molar-refractivity contribution is -0.145. The van der Waals surface area contributed by atoms with Crippen molar-refractivity contribution in [3.63, 3.8) is 0 Å². The third-order valence-electron chi connectivity index (χ3n) is 2.54. The Morgan fingerprint density at radius 2 is 1.79 bits per heavy atom. The van der Waals surface area contributed by atoms with Gasteiger partial charge >= 0.3 is 5.97 Å². The van der Waals surface area contributed by atoms with Crippen molar-refractivity contribution in [1.29, 1.82) is 0 Å². The van der Waals surface area contributed by atoms with Crippen molar-refractivity contribution < 1.29 is 23.1 Å². The fourth-order valence-corrected chi connectivity index (χ4v) is 2.05. The lowest BCUT2D eigenvalue weighted by atomic mass is 9.86. The third-order valence-corrected chi connectivity index (χ3v) is 3.51. The van der Waals surface area contributed by atoms with Crippen LogP contribution in [0.25, 0.3) is 0 Å². The molecule has 7 nitrogen and oxygen atoms in total. The first-order chi connectivity index (χ1) is 8.34. The molecule has 0 spiro atoms. The summed E-state index contributed by atoms with van der Waals surface area (Å²) in [6.07, 6.45) is 1.01. The number of carbonyl (C=O) groups excluding carboxylic acids is 1. The summed E-state index contributed by atoms with van der Waals surface area (Å²) in [5.41, 5.74) is 4.88. The van der Waals surface area contributed by atoms with Gasteiger partial charge in [-0.2, -0.15) is 0 Å². The minimum Gasteiger partial charge on any atom is -0.480 e. The van der Waals surface area contributed by atoms with Gasteiger partial charge in [0.25, 0.3) is 0 Å². The maximum absolute atomic E-state index is 11.7. The van der Waals surface area contributed by atoms with Crippen molar-refractivity contribution in [1.82, 2.24) is 5.32 Å². The van der Waals surface area contributed by atoms with Crippen molar-refractivity contribution in [2.45, 2.75) is 39.3 Å². The van der Waals surface area contributed by atoms with Crippen LogP contribution in [0.2, 0.25) is 0 Å². The Balaban J connectivity index is 4.62. The van der Waals surface area contributed by atoms with Crippen LogP contribution in [0.15, 0.2) is 0 Å². The zero-order valence-electron chi connectivity index (χ0n) is 11.6. The molecule has 2 atom stereocenters. The molecule has 0 aliphatic heterocycles. The summed E-state index contributed by atoms with van der Waals surface area (Å²) in [5, 5.41) is 11.4. The van der Waals surface area contributed by atoms with Crippen molar-refractivity contribution in [3.8, 4) is 0 Å². The van der Waals surface area contributed by atoms with Crippen molar-refractivity contribution in [3.05, 3.63) is 0 Å². The molecule has 2 unspecified atom stereocenters. The number of hydrogen-bond acceptors (Lipinski definition) is 5. The van der Waals surface area contributed by atoms with Crippen LogP contribution in [0.1, 0.15) is 27.2 Å². The van der Waals surface area contributed by atoms with E-state index in [1.165, 1.54) is 0 Å². The fraction of sp³-hybridized carbons (Fsp3) is 0.818. The molecule has 0 aromatic rings. The molecule has 0 aliphatic rings. The van der Waals surface area contributed by atoms with E-state index in [2.05, 4.69) is 5.32 Å². The van der Waals surface area contributed by atoms with Gasteiger partial charge in [0.2, 0.25) is 5.91 Å². The van der Waals surface area contributed by atoms with Gasteiger partial charge in [0.15, 0.2) is 0 Å². The second kappa shape index (κ2) is 6.33. The molecule has 0 aromatic carbocycles. The number of carboxylic acids is 1. The second-order valence-electron chi connectivity index (χ2n) is 5.67. The Hall–Kier alpha value is -1.15. The Labute approximate surface area is 113 Å². The Kier molecular flexibility index (Phi) is 5.95. The molecule has 8 heteroatoms. The average molecular weight is 294 g/mol. The molecule has 0 aromatic heterocycles. The van der Waals surface area contributed by atoms with E-state index in [1.54, 1.807) is 20.8 Å². The molecule has 1 amide bonds. The van der Waals surface area contributed by atoms with Crippen LogP contribution in [0.5, 0.6) is 0 Å². The molecule has 0 rings (SSSR count). The smallest absolute Gasteiger partial charge is 0.326 e. The summed E-state index contributed by atoms with van der Waals surface area (Å²) in [7, 11) is -3.20. The number of aliphatic carboxylic acids is 1. The van der Waals surface area contributed by atoms with Crippen LogP contribution < -0.4 is 11.1 Å². The monoisotopic (exact) mass is 294 g/mol. The van der Waals surface area contributed by atoms with Gasteiger partial charge < -0.3 is 16.2 Å². The highest BCUT2D eigenvalue weighted by Gasteiger charge is 2.33. The highest BCUT2D eigenvalue weighted by atomic mass is 32.2. The molecule has 19 heavy (non-hydrogen) atoms. The van der Waals surface area contributed by atoms with Crippen molar-refractivity contribution in [2.75, 3.05) is 12.0 Å². The number of carbonyl (C=O) groups is 2. The lowest BCUT2D eigenvalue weighted by Crippen LogP contribution is -2.53. The van der Waals surface area contributed by atoms with Crippen LogP contribution in [0, 0.1) is 5.41 Å². The number of nitrogens with two attached hydrogens (primary N) is 1. The molecular weight excluding hydrogens is 272 g/mol. The fourth-order valence-electron chi connectivity index (χ4n) is 1.37. The number of amides is 1. The quantitative estimate of drug-likeness (QED) is 0.598. The Morgan fingerprint density at radius 3 is 2.11 bits per heavy atom. The maximum Gasteiger partial charge on any atom is 0.326 e. The molecule has 0 saturated carbocycles. The average Bonchev–Trinajstić information content (AvgIpc) is 2.18. The number of sulfone groups is 1. The summed E-state index contributed by atoms with van der Waals surface area (Å²) in [6.45, 7) is 5.02. The third kappa shape index (κ3) is 7.12. The molecule has 0 saturated heterocycles. The van der Waals surface area contributed by atoms with Gasteiger partial charge in [-0.05, 0) is 11.8 Å². The summed E-state index contributed by atoms with van der Waals surface area (Å²) in [4.78, 5) is 22.8. The minimum atomic E-state index is -3.20. The summed E-state index contributed by atoms with van der Waals surface area (Å²) in [5.74, 6) is -2.03. The van der Waals surface area contributed by atoms with E-state index < -0.39 is 39.2 Å². The Morgan fingerprint density at radius 1 is 1.32 bits per heavy atom. The maximum atomic E-state index is 11.7. The first-order valence-electron chi connectivity index (χ1n) is 5.81. The number of nitrogens with one attached hydrogen (secondary N) is 1. The van der Waals surface area contributed by atoms with E-state index in [0.29, 0.717) is 0 Å². The number of carboxylic acid groups (broad SMARTS) is 1. The first kappa shape index (κ1) is 17.8. The molecular formula is C11H22N2O5S. The molecule has 112 valence electrons.